The molecule has 0 amide bonds. The average molecular weight is 208 g/mol. The first-order valence-electron chi connectivity index (χ1n) is 6.77. The van der Waals surface area contributed by atoms with Crippen molar-refractivity contribution in [2.45, 2.75) is 64.9 Å². The Labute approximate surface area is 93.6 Å². The van der Waals surface area contributed by atoms with Crippen LogP contribution in [0.2, 0.25) is 0 Å². The largest absolute Gasteiger partial charge is 0.373 e. The summed E-state index contributed by atoms with van der Waals surface area (Å²) in [5, 5.41) is 0. The summed E-state index contributed by atoms with van der Waals surface area (Å²) in [6.45, 7) is 5.94. The molecule has 1 saturated heterocycles. The zero-order valence-corrected chi connectivity index (χ0v) is 10.2. The van der Waals surface area contributed by atoms with Gasteiger partial charge in [-0.1, -0.05) is 33.1 Å². The van der Waals surface area contributed by atoms with Gasteiger partial charge in [-0.15, -0.1) is 0 Å². The Bertz CT molecular complexity index is 258. The summed E-state index contributed by atoms with van der Waals surface area (Å²) in [6.07, 6.45) is 10.9. The molecule has 1 nitrogen and oxygen atoms in total. The Kier molecular flexibility index (Phi) is 2.18. The molecule has 1 aliphatic heterocycles. The van der Waals surface area contributed by atoms with Crippen LogP contribution in [-0.4, -0.2) is 12.7 Å². The molecule has 86 valence electrons. The SMILES string of the molecule is CCC12CCCC(C1)CC(C)(C1CO1)C2. The lowest BCUT2D eigenvalue weighted by Gasteiger charge is -2.52. The molecule has 0 radical (unpaired) electrons. The van der Waals surface area contributed by atoms with Crippen LogP contribution in [0.1, 0.15) is 58.8 Å². The van der Waals surface area contributed by atoms with Crippen LogP contribution in [0.5, 0.6) is 0 Å². The molecule has 0 aromatic heterocycles. The highest BCUT2D eigenvalue weighted by Crippen LogP contribution is 2.59. The van der Waals surface area contributed by atoms with Gasteiger partial charge >= 0.3 is 0 Å². The van der Waals surface area contributed by atoms with E-state index in [1.807, 2.05) is 0 Å². The first-order chi connectivity index (χ1) is 7.16. The molecule has 0 N–H and O–H groups in total. The van der Waals surface area contributed by atoms with Crippen LogP contribution in [0.25, 0.3) is 0 Å². The van der Waals surface area contributed by atoms with E-state index in [1.165, 1.54) is 44.9 Å². The van der Waals surface area contributed by atoms with E-state index in [9.17, 15) is 0 Å². The molecule has 4 unspecified atom stereocenters. The highest BCUT2D eigenvalue weighted by molar-refractivity contribution is 5.03. The van der Waals surface area contributed by atoms with Crippen molar-refractivity contribution in [2.75, 3.05) is 6.61 Å². The summed E-state index contributed by atoms with van der Waals surface area (Å²) < 4.78 is 5.61. The molecule has 15 heavy (non-hydrogen) atoms. The van der Waals surface area contributed by atoms with E-state index in [1.54, 1.807) is 0 Å². The third-order valence-electron chi connectivity index (χ3n) is 5.44. The number of ether oxygens (including phenoxy) is 1. The third kappa shape index (κ3) is 1.63. The van der Waals surface area contributed by atoms with Crippen molar-refractivity contribution >= 4 is 0 Å². The number of hydrogen-bond acceptors (Lipinski definition) is 1. The van der Waals surface area contributed by atoms with Gasteiger partial charge < -0.3 is 4.74 Å². The van der Waals surface area contributed by atoms with E-state index in [4.69, 9.17) is 4.74 Å². The summed E-state index contributed by atoms with van der Waals surface area (Å²) >= 11 is 0. The Balaban J connectivity index is 1.84. The summed E-state index contributed by atoms with van der Waals surface area (Å²) in [5.41, 5.74) is 1.22. The maximum Gasteiger partial charge on any atom is 0.0863 e. The maximum atomic E-state index is 5.61. The standard InChI is InChI=1S/C14H24O/c1-3-14-6-4-5-11(8-14)7-13(2,10-14)12-9-15-12/h11-12H,3-10H2,1-2H3. The Morgan fingerprint density at radius 1 is 1.33 bits per heavy atom. The van der Waals surface area contributed by atoms with Crippen molar-refractivity contribution in [1.29, 1.82) is 0 Å². The fourth-order valence-corrected chi connectivity index (χ4v) is 4.65. The van der Waals surface area contributed by atoms with Crippen LogP contribution in [0.3, 0.4) is 0 Å². The molecule has 4 atom stereocenters. The highest BCUT2D eigenvalue weighted by Gasteiger charge is 2.53. The minimum Gasteiger partial charge on any atom is -0.373 e. The topological polar surface area (TPSA) is 12.5 Å². The van der Waals surface area contributed by atoms with Crippen LogP contribution in [0.15, 0.2) is 0 Å². The molecule has 1 heteroatoms. The quantitative estimate of drug-likeness (QED) is 0.629. The van der Waals surface area contributed by atoms with Crippen molar-refractivity contribution in [2.24, 2.45) is 16.7 Å². The van der Waals surface area contributed by atoms with Crippen molar-refractivity contribution in [3.63, 3.8) is 0 Å². The number of hydrogen-bond donors (Lipinski definition) is 0. The molecule has 0 spiro atoms. The summed E-state index contributed by atoms with van der Waals surface area (Å²) in [5.74, 6) is 1.02. The zero-order valence-electron chi connectivity index (χ0n) is 10.2. The number of epoxide rings is 1. The van der Waals surface area contributed by atoms with Gasteiger partial charge in [0.15, 0.2) is 0 Å². The van der Waals surface area contributed by atoms with Crippen LogP contribution < -0.4 is 0 Å². The summed E-state index contributed by atoms with van der Waals surface area (Å²) in [6, 6.07) is 0. The molecular formula is C14H24O. The van der Waals surface area contributed by atoms with Gasteiger partial charge in [-0.2, -0.15) is 0 Å². The van der Waals surface area contributed by atoms with Gasteiger partial charge in [-0.3, -0.25) is 0 Å². The molecular weight excluding hydrogens is 184 g/mol. The van der Waals surface area contributed by atoms with Crippen LogP contribution >= 0.6 is 0 Å². The minimum atomic E-state index is 0.527. The van der Waals surface area contributed by atoms with Crippen LogP contribution in [0, 0.1) is 16.7 Å². The van der Waals surface area contributed by atoms with Gasteiger partial charge in [0.1, 0.15) is 0 Å². The molecule has 0 aromatic rings. The summed E-state index contributed by atoms with van der Waals surface area (Å²) in [7, 11) is 0. The van der Waals surface area contributed by atoms with Gasteiger partial charge in [0.2, 0.25) is 0 Å². The zero-order chi connectivity index (χ0) is 10.5. The highest BCUT2D eigenvalue weighted by atomic mass is 16.6. The third-order valence-corrected chi connectivity index (χ3v) is 5.44. The van der Waals surface area contributed by atoms with Crippen molar-refractivity contribution in [1.82, 2.24) is 0 Å². The van der Waals surface area contributed by atoms with E-state index in [2.05, 4.69) is 13.8 Å². The Morgan fingerprint density at radius 2 is 2.13 bits per heavy atom. The van der Waals surface area contributed by atoms with E-state index < -0.39 is 0 Å². The molecule has 3 rings (SSSR count). The average Bonchev–Trinajstić information content (AvgIpc) is 3.00. The molecule has 3 aliphatic rings. The minimum absolute atomic E-state index is 0.527. The van der Waals surface area contributed by atoms with E-state index >= 15 is 0 Å². The van der Waals surface area contributed by atoms with Crippen LogP contribution in [0.4, 0.5) is 0 Å². The van der Waals surface area contributed by atoms with Gasteiger partial charge in [0.05, 0.1) is 12.7 Å². The Morgan fingerprint density at radius 3 is 2.80 bits per heavy atom. The smallest absolute Gasteiger partial charge is 0.0863 e. The van der Waals surface area contributed by atoms with E-state index in [0.29, 0.717) is 16.9 Å². The van der Waals surface area contributed by atoms with Gasteiger partial charge in [0.25, 0.3) is 0 Å². The summed E-state index contributed by atoms with van der Waals surface area (Å²) in [4.78, 5) is 0. The maximum absolute atomic E-state index is 5.61. The fraction of sp³-hybridized carbons (Fsp3) is 1.00. The second kappa shape index (κ2) is 3.23. The molecule has 2 aliphatic carbocycles. The molecule has 1 heterocycles. The van der Waals surface area contributed by atoms with Gasteiger partial charge in [0, 0.05) is 0 Å². The first kappa shape index (κ1) is 10.1. The Hall–Kier alpha value is -0.0400. The van der Waals surface area contributed by atoms with Crippen molar-refractivity contribution in [3.8, 4) is 0 Å². The molecule has 0 aromatic carbocycles. The normalized spacial score (nSPS) is 54.0. The molecule has 3 fully saturated rings. The fourth-order valence-electron chi connectivity index (χ4n) is 4.65. The lowest BCUT2D eigenvalue weighted by atomic mass is 9.52. The predicted molar refractivity (Wildman–Crippen MR) is 61.8 cm³/mol. The molecule has 2 bridgehead atoms. The second-order valence-corrected chi connectivity index (χ2v) is 6.67. The lowest BCUT2D eigenvalue weighted by Crippen LogP contribution is -2.43. The molecule has 2 saturated carbocycles. The van der Waals surface area contributed by atoms with Crippen molar-refractivity contribution < 1.29 is 4.74 Å². The lowest BCUT2D eigenvalue weighted by molar-refractivity contribution is -0.0250. The van der Waals surface area contributed by atoms with E-state index in [-0.39, 0.29) is 0 Å². The second-order valence-electron chi connectivity index (χ2n) is 6.67. The van der Waals surface area contributed by atoms with E-state index in [0.717, 1.165) is 12.5 Å². The predicted octanol–water partition coefficient (Wildman–Crippen LogP) is 3.77. The number of fused-ring (bicyclic) bond motifs is 2. The number of rotatable bonds is 2. The monoisotopic (exact) mass is 208 g/mol. The van der Waals surface area contributed by atoms with Gasteiger partial charge in [-0.25, -0.2) is 0 Å². The van der Waals surface area contributed by atoms with Crippen molar-refractivity contribution in [3.05, 3.63) is 0 Å². The first-order valence-corrected chi connectivity index (χ1v) is 6.77. The van der Waals surface area contributed by atoms with Gasteiger partial charge in [-0.05, 0) is 42.4 Å². The van der Waals surface area contributed by atoms with Crippen LogP contribution in [-0.2, 0) is 4.74 Å².